The quantitative estimate of drug-likeness (QED) is 0.412. The van der Waals surface area contributed by atoms with E-state index in [1.807, 2.05) is 74.6 Å². The van der Waals surface area contributed by atoms with Crippen molar-refractivity contribution in [1.29, 1.82) is 0 Å². The second kappa shape index (κ2) is 8.45. The van der Waals surface area contributed by atoms with Crippen molar-refractivity contribution in [1.82, 2.24) is 19.6 Å². The zero-order chi connectivity index (χ0) is 21.3. The number of nitrogens with zero attached hydrogens (tertiary/aromatic N) is 4. The number of benzene rings is 2. The van der Waals surface area contributed by atoms with Gasteiger partial charge in [0.1, 0.15) is 0 Å². The van der Waals surface area contributed by atoms with Crippen LogP contribution >= 0.6 is 27.5 Å². The summed E-state index contributed by atoms with van der Waals surface area (Å²) in [5, 5.41) is 12.6. The predicted octanol–water partition coefficient (Wildman–Crippen LogP) is 5.40. The normalized spacial score (nSPS) is 10.9. The molecular formula is C22H19BrClN5O. The SMILES string of the molecule is Cc1nn(-c2ccccc2)c(C)c1C(=O)Nc1nn(Cc2ccccc2Cl)cc1Br. The molecule has 30 heavy (non-hydrogen) atoms. The Hall–Kier alpha value is -2.90. The number of hydrogen-bond donors (Lipinski definition) is 1. The van der Waals surface area contributed by atoms with Crippen molar-refractivity contribution in [3.63, 3.8) is 0 Å². The lowest BCUT2D eigenvalue weighted by Crippen LogP contribution is -2.15. The van der Waals surface area contributed by atoms with E-state index >= 15 is 0 Å². The maximum Gasteiger partial charge on any atom is 0.260 e. The first-order valence-corrected chi connectivity index (χ1v) is 10.5. The molecule has 0 bridgehead atoms. The fraction of sp³-hybridized carbons (Fsp3) is 0.136. The molecule has 0 saturated carbocycles. The second-order valence-electron chi connectivity index (χ2n) is 6.86. The van der Waals surface area contributed by atoms with E-state index in [0.29, 0.717) is 33.1 Å². The summed E-state index contributed by atoms with van der Waals surface area (Å²) < 4.78 is 4.19. The molecule has 0 aliphatic carbocycles. The molecule has 0 aliphatic heterocycles. The smallest absolute Gasteiger partial charge is 0.260 e. The Morgan fingerprint density at radius 3 is 2.50 bits per heavy atom. The summed E-state index contributed by atoms with van der Waals surface area (Å²) in [5.74, 6) is 0.189. The number of para-hydroxylation sites is 1. The van der Waals surface area contributed by atoms with Crippen LogP contribution in [0.5, 0.6) is 0 Å². The van der Waals surface area contributed by atoms with Crippen molar-refractivity contribution in [2.24, 2.45) is 0 Å². The summed E-state index contributed by atoms with van der Waals surface area (Å²) in [4.78, 5) is 13.0. The van der Waals surface area contributed by atoms with Crippen LogP contribution in [0, 0.1) is 13.8 Å². The van der Waals surface area contributed by atoms with Crippen LogP contribution in [-0.4, -0.2) is 25.5 Å². The van der Waals surface area contributed by atoms with Crippen LogP contribution in [0.15, 0.2) is 65.3 Å². The molecule has 8 heteroatoms. The number of anilines is 1. The summed E-state index contributed by atoms with van der Waals surface area (Å²) >= 11 is 9.72. The van der Waals surface area contributed by atoms with Gasteiger partial charge in [-0.1, -0.05) is 48.0 Å². The average Bonchev–Trinajstić information content (AvgIpc) is 3.22. The maximum absolute atomic E-state index is 13.0. The molecule has 2 aromatic heterocycles. The first-order chi connectivity index (χ1) is 14.4. The van der Waals surface area contributed by atoms with Gasteiger partial charge < -0.3 is 5.32 Å². The van der Waals surface area contributed by atoms with Crippen LogP contribution in [-0.2, 0) is 6.54 Å². The van der Waals surface area contributed by atoms with Crippen LogP contribution < -0.4 is 5.32 Å². The number of amides is 1. The topological polar surface area (TPSA) is 64.7 Å². The Bertz CT molecular complexity index is 1220. The molecule has 1 N–H and O–H groups in total. The van der Waals surface area contributed by atoms with Gasteiger partial charge in [0.2, 0.25) is 0 Å². The van der Waals surface area contributed by atoms with Crippen molar-refractivity contribution in [2.75, 3.05) is 5.32 Å². The number of aryl methyl sites for hydroxylation is 1. The van der Waals surface area contributed by atoms with Crippen molar-refractivity contribution < 1.29 is 4.79 Å². The number of nitrogens with one attached hydrogen (secondary N) is 1. The van der Waals surface area contributed by atoms with Crippen molar-refractivity contribution >= 4 is 39.3 Å². The first-order valence-electron chi connectivity index (χ1n) is 9.33. The average molecular weight is 485 g/mol. The van der Waals surface area contributed by atoms with Crippen LogP contribution in [0.4, 0.5) is 5.82 Å². The second-order valence-corrected chi connectivity index (χ2v) is 8.12. The van der Waals surface area contributed by atoms with E-state index in [9.17, 15) is 4.79 Å². The summed E-state index contributed by atoms with van der Waals surface area (Å²) in [6.07, 6.45) is 1.81. The highest BCUT2D eigenvalue weighted by atomic mass is 79.9. The van der Waals surface area contributed by atoms with Crippen molar-refractivity contribution in [3.8, 4) is 5.69 Å². The van der Waals surface area contributed by atoms with E-state index in [2.05, 4.69) is 31.4 Å². The molecule has 6 nitrogen and oxygen atoms in total. The standard InChI is InChI=1S/C22H19BrClN5O/c1-14-20(15(2)29(26-14)17-9-4-3-5-10-17)22(30)25-21-18(23)13-28(27-21)12-16-8-6-7-11-19(16)24/h3-11,13H,12H2,1-2H3,(H,25,27,30). The number of aromatic nitrogens is 4. The lowest BCUT2D eigenvalue weighted by Gasteiger charge is -2.06. The van der Waals surface area contributed by atoms with E-state index in [1.54, 1.807) is 9.36 Å². The number of rotatable bonds is 5. The van der Waals surface area contributed by atoms with E-state index in [1.165, 1.54) is 0 Å². The molecule has 0 fully saturated rings. The van der Waals surface area contributed by atoms with Gasteiger partial charge >= 0.3 is 0 Å². The molecule has 0 radical (unpaired) electrons. The number of carbonyl (C=O) groups excluding carboxylic acids is 1. The summed E-state index contributed by atoms with van der Waals surface area (Å²) in [6, 6.07) is 17.3. The summed E-state index contributed by atoms with van der Waals surface area (Å²) in [6.45, 7) is 4.21. The minimum absolute atomic E-state index is 0.254. The minimum Gasteiger partial charge on any atom is -0.304 e. The van der Waals surface area contributed by atoms with Gasteiger partial charge in [-0.15, -0.1) is 0 Å². The monoisotopic (exact) mass is 483 g/mol. The lowest BCUT2D eigenvalue weighted by molar-refractivity contribution is 0.102. The van der Waals surface area contributed by atoms with E-state index in [0.717, 1.165) is 16.9 Å². The lowest BCUT2D eigenvalue weighted by atomic mass is 10.2. The summed E-state index contributed by atoms with van der Waals surface area (Å²) in [5.41, 5.74) is 3.81. The third-order valence-electron chi connectivity index (χ3n) is 4.76. The minimum atomic E-state index is -0.254. The number of halogens is 2. The Balaban J connectivity index is 1.57. The largest absolute Gasteiger partial charge is 0.304 e. The molecule has 152 valence electrons. The van der Waals surface area contributed by atoms with E-state index in [-0.39, 0.29) is 5.91 Å². The Morgan fingerprint density at radius 1 is 1.07 bits per heavy atom. The molecule has 2 heterocycles. The number of hydrogen-bond acceptors (Lipinski definition) is 3. The molecule has 0 aliphatic rings. The van der Waals surface area contributed by atoms with Gasteiger partial charge in [0, 0.05) is 11.2 Å². The Labute approximate surface area is 187 Å². The molecule has 1 amide bonds. The molecule has 0 unspecified atom stereocenters. The van der Waals surface area contributed by atoms with Gasteiger partial charge in [-0.2, -0.15) is 10.2 Å². The predicted molar refractivity (Wildman–Crippen MR) is 121 cm³/mol. The van der Waals surface area contributed by atoms with Crippen molar-refractivity contribution in [3.05, 3.63) is 92.8 Å². The van der Waals surface area contributed by atoms with E-state index in [4.69, 9.17) is 11.6 Å². The highest BCUT2D eigenvalue weighted by Gasteiger charge is 2.21. The zero-order valence-corrected chi connectivity index (χ0v) is 18.8. The fourth-order valence-electron chi connectivity index (χ4n) is 3.33. The fourth-order valence-corrected chi connectivity index (χ4v) is 3.94. The van der Waals surface area contributed by atoms with Gasteiger partial charge in [0.05, 0.1) is 33.7 Å². The van der Waals surface area contributed by atoms with Gasteiger partial charge in [-0.25, -0.2) is 4.68 Å². The first kappa shape index (κ1) is 20.4. The van der Waals surface area contributed by atoms with E-state index < -0.39 is 0 Å². The van der Waals surface area contributed by atoms with Crippen LogP contribution in [0.3, 0.4) is 0 Å². The Kier molecular flexibility index (Phi) is 5.74. The third kappa shape index (κ3) is 4.04. The zero-order valence-electron chi connectivity index (χ0n) is 16.4. The van der Waals surface area contributed by atoms with Crippen LogP contribution in [0.25, 0.3) is 5.69 Å². The number of carbonyl (C=O) groups is 1. The molecule has 0 saturated heterocycles. The third-order valence-corrected chi connectivity index (χ3v) is 5.71. The molecule has 4 aromatic rings. The van der Waals surface area contributed by atoms with Crippen LogP contribution in [0.1, 0.15) is 27.3 Å². The molecule has 2 aromatic carbocycles. The van der Waals surface area contributed by atoms with Gasteiger partial charge in [0.15, 0.2) is 5.82 Å². The molecule has 0 spiro atoms. The maximum atomic E-state index is 13.0. The highest BCUT2D eigenvalue weighted by Crippen LogP contribution is 2.25. The van der Waals surface area contributed by atoms with Gasteiger partial charge in [0.25, 0.3) is 5.91 Å². The summed E-state index contributed by atoms with van der Waals surface area (Å²) in [7, 11) is 0. The molecular weight excluding hydrogens is 466 g/mol. The molecule has 4 rings (SSSR count). The molecule has 0 atom stereocenters. The van der Waals surface area contributed by atoms with Gasteiger partial charge in [-0.3, -0.25) is 9.48 Å². The highest BCUT2D eigenvalue weighted by molar-refractivity contribution is 9.10. The Morgan fingerprint density at radius 2 is 1.77 bits per heavy atom. The van der Waals surface area contributed by atoms with Gasteiger partial charge in [-0.05, 0) is 53.5 Å². The van der Waals surface area contributed by atoms with Crippen LogP contribution in [0.2, 0.25) is 5.02 Å². The van der Waals surface area contributed by atoms with Crippen molar-refractivity contribution in [2.45, 2.75) is 20.4 Å².